The third-order valence-electron chi connectivity index (χ3n) is 2.84. The van der Waals surface area contributed by atoms with Gasteiger partial charge in [0, 0.05) is 12.1 Å². The highest BCUT2D eigenvalue weighted by atomic mass is 32.3. The molecule has 1 aromatic rings. The fraction of sp³-hybridized carbons (Fsp3) is 0.385. The molecule has 0 unspecified atom stereocenters. The maximum atomic E-state index is 12.4. The highest BCUT2D eigenvalue weighted by Crippen LogP contribution is 2.16. The third kappa shape index (κ3) is 7.56. The minimum absolute atomic E-state index is 0.105. The van der Waals surface area contributed by atoms with Crippen LogP contribution in [0.1, 0.15) is 29.6 Å². The molecule has 0 saturated heterocycles. The molecule has 0 aromatic heterocycles. The summed E-state index contributed by atoms with van der Waals surface area (Å²) in [5, 5.41) is 11.2. The molecule has 0 bridgehead atoms. The zero-order chi connectivity index (χ0) is 17.5. The highest BCUT2D eigenvalue weighted by Gasteiger charge is 2.13. The average Bonchev–Trinajstić information content (AvgIpc) is 2.44. The molecule has 0 fully saturated rings. The molecule has 0 radical (unpaired) electrons. The van der Waals surface area contributed by atoms with Gasteiger partial charge in [-0.05, 0) is 37.5 Å². The van der Waals surface area contributed by atoms with Crippen LogP contribution in [0.25, 0.3) is 0 Å². The molecule has 1 aromatic carbocycles. The number of halogens is 1. The zero-order valence-electron chi connectivity index (χ0n) is 12.1. The smallest absolute Gasteiger partial charge is 0.480 e. The van der Waals surface area contributed by atoms with E-state index in [4.69, 9.17) is 10.8 Å². The Labute approximate surface area is 132 Å². The Morgan fingerprint density at radius 3 is 2.65 bits per heavy atom. The van der Waals surface area contributed by atoms with Crippen molar-refractivity contribution in [2.75, 3.05) is 6.54 Å². The minimum atomic E-state index is -5.15. The molecule has 0 saturated carbocycles. The van der Waals surface area contributed by atoms with Crippen molar-refractivity contribution >= 4 is 22.4 Å². The molecule has 0 aliphatic carbocycles. The SMILES string of the molecule is N[C@@H](CCCCNC(=O)c1cccc(OS(=O)(=O)F)c1)C(=O)O. The predicted molar refractivity (Wildman–Crippen MR) is 78.9 cm³/mol. The number of nitrogens with one attached hydrogen (secondary N) is 1. The third-order valence-corrected chi connectivity index (χ3v) is 3.23. The normalized spacial score (nSPS) is 12.4. The summed E-state index contributed by atoms with van der Waals surface area (Å²) in [6, 6.07) is 4.12. The zero-order valence-corrected chi connectivity index (χ0v) is 12.9. The number of hydrogen-bond donors (Lipinski definition) is 3. The summed E-state index contributed by atoms with van der Waals surface area (Å²) in [5.41, 5.74) is 5.44. The van der Waals surface area contributed by atoms with Crippen LogP contribution in [-0.2, 0) is 15.3 Å². The lowest BCUT2D eigenvalue weighted by Crippen LogP contribution is -2.30. The van der Waals surface area contributed by atoms with E-state index < -0.39 is 28.4 Å². The molecule has 128 valence electrons. The lowest BCUT2D eigenvalue weighted by Gasteiger charge is -2.08. The van der Waals surface area contributed by atoms with Gasteiger partial charge in [0.25, 0.3) is 5.91 Å². The van der Waals surface area contributed by atoms with E-state index in [-0.39, 0.29) is 17.9 Å². The Bertz CT molecular complexity index is 664. The predicted octanol–water partition coefficient (Wildman–Crippen LogP) is 0.592. The fourth-order valence-corrected chi connectivity index (χ4v) is 2.05. The standard InChI is InChI=1S/C13H17FN2O6S/c14-23(20,21)22-10-5-3-4-9(8-10)12(17)16-7-2-1-6-11(15)13(18)19/h3-5,8,11H,1-2,6-7,15H2,(H,16,17)(H,18,19)/t11-/m0/s1. The summed E-state index contributed by atoms with van der Waals surface area (Å²) < 4.78 is 37.2. The molecular formula is C13H17FN2O6S. The van der Waals surface area contributed by atoms with Crippen molar-refractivity contribution in [2.45, 2.75) is 25.3 Å². The number of carboxylic acid groups (broad SMARTS) is 1. The van der Waals surface area contributed by atoms with E-state index in [0.717, 1.165) is 6.07 Å². The Morgan fingerprint density at radius 1 is 1.35 bits per heavy atom. The lowest BCUT2D eigenvalue weighted by atomic mass is 10.1. The molecule has 0 heterocycles. The van der Waals surface area contributed by atoms with Crippen molar-refractivity contribution in [1.82, 2.24) is 5.32 Å². The topological polar surface area (TPSA) is 136 Å². The minimum Gasteiger partial charge on any atom is -0.480 e. The number of carbonyl (C=O) groups is 2. The lowest BCUT2D eigenvalue weighted by molar-refractivity contribution is -0.138. The van der Waals surface area contributed by atoms with Gasteiger partial charge < -0.3 is 20.3 Å². The number of hydrogen-bond acceptors (Lipinski definition) is 6. The first-order chi connectivity index (χ1) is 10.7. The average molecular weight is 348 g/mol. The molecule has 23 heavy (non-hydrogen) atoms. The van der Waals surface area contributed by atoms with Gasteiger partial charge in [-0.3, -0.25) is 9.59 Å². The summed E-state index contributed by atoms with van der Waals surface area (Å²) in [6.07, 6.45) is 1.35. The van der Waals surface area contributed by atoms with Gasteiger partial charge in [0.1, 0.15) is 11.8 Å². The number of benzene rings is 1. The van der Waals surface area contributed by atoms with Crippen molar-refractivity contribution < 1.29 is 31.2 Å². The van der Waals surface area contributed by atoms with Crippen LogP contribution in [0.3, 0.4) is 0 Å². The summed E-state index contributed by atoms with van der Waals surface area (Å²) in [5.74, 6) is -1.88. The van der Waals surface area contributed by atoms with Crippen molar-refractivity contribution in [2.24, 2.45) is 5.73 Å². The Balaban J connectivity index is 2.43. The van der Waals surface area contributed by atoms with Crippen LogP contribution >= 0.6 is 0 Å². The molecule has 4 N–H and O–H groups in total. The summed E-state index contributed by atoms with van der Waals surface area (Å²) >= 11 is 0. The Kier molecular flexibility index (Phi) is 6.91. The van der Waals surface area contributed by atoms with Gasteiger partial charge in [-0.15, -0.1) is 0 Å². The summed E-state index contributed by atoms with van der Waals surface area (Å²) in [6.45, 7) is 0.289. The van der Waals surface area contributed by atoms with Gasteiger partial charge in [-0.25, -0.2) is 0 Å². The van der Waals surface area contributed by atoms with Crippen LogP contribution in [-0.4, -0.2) is 38.0 Å². The number of rotatable bonds is 9. The molecule has 1 atom stereocenters. The van der Waals surface area contributed by atoms with Gasteiger partial charge in [-0.2, -0.15) is 8.42 Å². The van der Waals surface area contributed by atoms with E-state index in [2.05, 4.69) is 9.50 Å². The van der Waals surface area contributed by atoms with E-state index >= 15 is 0 Å². The van der Waals surface area contributed by atoms with Gasteiger partial charge >= 0.3 is 16.5 Å². The fourth-order valence-electron chi connectivity index (χ4n) is 1.72. The van der Waals surface area contributed by atoms with Crippen molar-refractivity contribution in [3.63, 3.8) is 0 Å². The van der Waals surface area contributed by atoms with Gasteiger partial charge in [-0.1, -0.05) is 9.95 Å². The van der Waals surface area contributed by atoms with E-state index in [0.29, 0.717) is 19.3 Å². The molecule has 1 rings (SSSR count). The maximum absolute atomic E-state index is 12.4. The molecule has 0 aliphatic heterocycles. The summed E-state index contributed by atoms with van der Waals surface area (Å²) in [7, 11) is -5.15. The van der Waals surface area contributed by atoms with E-state index in [1.807, 2.05) is 0 Å². The second-order valence-corrected chi connectivity index (χ2v) is 5.65. The van der Waals surface area contributed by atoms with Crippen LogP contribution in [0.4, 0.5) is 3.89 Å². The first-order valence-electron chi connectivity index (χ1n) is 6.70. The number of nitrogens with two attached hydrogens (primary N) is 1. The Hall–Kier alpha value is -2.20. The van der Waals surface area contributed by atoms with Crippen molar-refractivity contribution in [1.29, 1.82) is 0 Å². The van der Waals surface area contributed by atoms with E-state index in [9.17, 15) is 21.9 Å². The number of amides is 1. The first kappa shape index (κ1) is 18.8. The molecule has 0 aliphatic rings. The number of unbranched alkanes of at least 4 members (excludes halogenated alkanes) is 1. The molecule has 8 nitrogen and oxygen atoms in total. The second-order valence-electron chi connectivity index (χ2n) is 4.70. The second kappa shape index (κ2) is 8.44. The van der Waals surface area contributed by atoms with Crippen LogP contribution in [0, 0.1) is 0 Å². The van der Waals surface area contributed by atoms with Gasteiger partial charge in [0.05, 0.1) is 0 Å². The highest BCUT2D eigenvalue weighted by molar-refractivity contribution is 7.81. The van der Waals surface area contributed by atoms with Crippen molar-refractivity contribution in [3.05, 3.63) is 29.8 Å². The van der Waals surface area contributed by atoms with Crippen molar-refractivity contribution in [3.8, 4) is 5.75 Å². The van der Waals surface area contributed by atoms with Gasteiger partial charge in [0.15, 0.2) is 0 Å². The first-order valence-corrected chi connectivity index (χ1v) is 8.00. The number of carboxylic acids is 1. The quantitative estimate of drug-likeness (QED) is 0.439. The van der Waals surface area contributed by atoms with E-state index in [1.165, 1.54) is 18.2 Å². The van der Waals surface area contributed by atoms with Crippen LogP contribution in [0.2, 0.25) is 0 Å². The van der Waals surface area contributed by atoms with Crippen LogP contribution in [0.5, 0.6) is 5.75 Å². The maximum Gasteiger partial charge on any atom is 0.488 e. The molecule has 1 amide bonds. The molecular weight excluding hydrogens is 331 g/mol. The number of aliphatic carboxylic acids is 1. The monoisotopic (exact) mass is 348 g/mol. The number of carbonyl (C=O) groups excluding carboxylic acids is 1. The largest absolute Gasteiger partial charge is 0.488 e. The molecule has 0 spiro atoms. The van der Waals surface area contributed by atoms with Gasteiger partial charge in [0.2, 0.25) is 0 Å². The Morgan fingerprint density at radius 2 is 2.04 bits per heavy atom. The van der Waals surface area contributed by atoms with E-state index in [1.54, 1.807) is 0 Å². The van der Waals surface area contributed by atoms with Crippen LogP contribution < -0.4 is 15.2 Å². The molecule has 10 heteroatoms. The van der Waals surface area contributed by atoms with Crippen LogP contribution in [0.15, 0.2) is 24.3 Å². The summed E-state index contributed by atoms with van der Waals surface area (Å²) in [4.78, 5) is 22.4.